The number of anilines is 1. The van der Waals surface area contributed by atoms with Crippen LogP contribution in [-0.2, 0) is 6.54 Å². The molecule has 13 heteroatoms. The Morgan fingerprint density at radius 2 is 1.63 bits per heavy atom. The van der Waals surface area contributed by atoms with Crippen LogP contribution in [0.1, 0.15) is 30.9 Å². The fraction of sp³-hybridized carbons (Fsp3) is 0.360. The first-order valence-electron chi connectivity index (χ1n) is 11.3. The van der Waals surface area contributed by atoms with Crippen molar-refractivity contribution in [2.24, 2.45) is 0 Å². The Bertz CT molecular complexity index is 1210. The van der Waals surface area contributed by atoms with Gasteiger partial charge in [-0.1, -0.05) is 38.1 Å². The van der Waals surface area contributed by atoms with E-state index in [0.29, 0.717) is 5.75 Å². The van der Waals surface area contributed by atoms with Gasteiger partial charge in [0, 0.05) is 18.8 Å². The number of rotatable bonds is 11. The number of aliphatic hydroxyl groups is 1. The molecule has 1 atom stereocenters. The molecule has 0 fully saturated rings. The highest BCUT2D eigenvalue weighted by Gasteiger charge is 2.44. The second-order valence-corrected chi connectivity index (χ2v) is 8.57. The van der Waals surface area contributed by atoms with Gasteiger partial charge in [0.2, 0.25) is 11.8 Å². The molecule has 0 aliphatic heterocycles. The second-order valence-electron chi connectivity index (χ2n) is 8.57. The van der Waals surface area contributed by atoms with Crippen molar-refractivity contribution in [2.75, 3.05) is 11.4 Å². The largest absolute Gasteiger partial charge is 0.461 e. The first kappa shape index (κ1) is 29.0. The standard InChI is InChI=1S/C25H24F7N3O3/c1-15(2)17-6-4-7-18(12-17)37-21-9-10-33-23(34-21)35(14-20(36)24(28,29)30)13-16-5-3-8-19(11-16)38-25(31,32)22(26)27/h3-12,15,20,22,36H,13-14H2,1-2H3/t20-/m1/s1. The van der Waals surface area contributed by atoms with Crippen LogP contribution in [0.15, 0.2) is 60.8 Å². The number of aromatic nitrogens is 2. The minimum Gasteiger partial charge on any atom is -0.439 e. The molecule has 1 N–H and O–H groups in total. The average molecular weight is 547 g/mol. The van der Waals surface area contributed by atoms with Crippen molar-refractivity contribution in [3.8, 4) is 17.4 Å². The lowest BCUT2D eigenvalue weighted by molar-refractivity contribution is -0.253. The molecule has 0 aliphatic carbocycles. The molecular formula is C25H24F7N3O3. The van der Waals surface area contributed by atoms with E-state index in [-0.39, 0.29) is 23.3 Å². The van der Waals surface area contributed by atoms with E-state index < -0.39 is 43.7 Å². The quantitative estimate of drug-likeness (QED) is 0.275. The molecule has 3 aromatic rings. The van der Waals surface area contributed by atoms with Gasteiger partial charge in [-0.2, -0.15) is 35.7 Å². The number of halogens is 7. The normalized spacial score (nSPS) is 13.1. The van der Waals surface area contributed by atoms with Crippen molar-refractivity contribution in [2.45, 2.75) is 51.1 Å². The Balaban J connectivity index is 1.89. The molecule has 0 saturated carbocycles. The van der Waals surface area contributed by atoms with Gasteiger partial charge in [-0.3, -0.25) is 0 Å². The predicted octanol–water partition coefficient (Wildman–Crippen LogP) is 6.56. The Morgan fingerprint density at radius 1 is 0.947 bits per heavy atom. The minimum atomic E-state index is -4.98. The van der Waals surface area contributed by atoms with Crippen molar-refractivity contribution >= 4 is 5.95 Å². The molecule has 1 aromatic heterocycles. The number of benzene rings is 2. The van der Waals surface area contributed by atoms with Crippen LogP contribution >= 0.6 is 0 Å². The molecular weight excluding hydrogens is 523 g/mol. The van der Waals surface area contributed by atoms with Crippen molar-refractivity contribution < 1.29 is 45.3 Å². The molecule has 0 aliphatic rings. The zero-order chi connectivity index (χ0) is 28.1. The number of hydrogen-bond donors (Lipinski definition) is 1. The molecule has 0 bridgehead atoms. The Labute approximate surface area is 213 Å². The zero-order valence-corrected chi connectivity index (χ0v) is 20.2. The molecule has 206 valence electrons. The summed E-state index contributed by atoms with van der Waals surface area (Å²) in [6.45, 7) is 2.53. The predicted molar refractivity (Wildman–Crippen MR) is 124 cm³/mol. The lowest BCUT2D eigenvalue weighted by Gasteiger charge is -2.27. The van der Waals surface area contributed by atoms with Gasteiger partial charge < -0.3 is 19.5 Å². The maximum atomic E-state index is 13.3. The summed E-state index contributed by atoms with van der Waals surface area (Å²) in [5.41, 5.74) is 1.08. The first-order valence-corrected chi connectivity index (χ1v) is 11.3. The number of nitrogens with zero attached hydrogens (tertiary/aromatic N) is 3. The lowest BCUT2D eigenvalue weighted by Crippen LogP contribution is -2.41. The Hall–Kier alpha value is -3.61. The van der Waals surface area contributed by atoms with Gasteiger partial charge in [0.15, 0.2) is 6.10 Å². The van der Waals surface area contributed by atoms with Gasteiger partial charge in [0.1, 0.15) is 11.5 Å². The van der Waals surface area contributed by atoms with Crippen LogP contribution in [0.25, 0.3) is 0 Å². The topological polar surface area (TPSA) is 67.7 Å². The molecule has 38 heavy (non-hydrogen) atoms. The number of hydrogen-bond acceptors (Lipinski definition) is 6. The second kappa shape index (κ2) is 11.8. The van der Waals surface area contributed by atoms with Crippen molar-refractivity contribution in [1.29, 1.82) is 0 Å². The monoisotopic (exact) mass is 547 g/mol. The van der Waals surface area contributed by atoms with Gasteiger partial charge in [-0.15, -0.1) is 0 Å². The van der Waals surface area contributed by atoms with E-state index in [2.05, 4.69) is 14.7 Å². The molecule has 0 amide bonds. The minimum absolute atomic E-state index is 0.00364. The lowest BCUT2D eigenvalue weighted by atomic mass is 10.0. The Morgan fingerprint density at radius 3 is 2.29 bits per heavy atom. The molecule has 0 radical (unpaired) electrons. The summed E-state index contributed by atoms with van der Waals surface area (Å²) in [6, 6.07) is 13.0. The maximum absolute atomic E-state index is 13.3. The van der Waals surface area contributed by atoms with E-state index in [1.165, 1.54) is 24.4 Å². The maximum Gasteiger partial charge on any atom is 0.461 e. The third-order valence-electron chi connectivity index (χ3n) is 5.20. The summed E-state index contributed by atoms with van der Waals surface area (Å²) in [7, 11) is 0. The highest BCUT2D eigenvalue weighted by molar-refractivity contribution is 5.39. The first-order chi connectivity index (χ1) is 17.7. The van der Waals surface area contributed by atoms with Gasteiger partial charge in [-0.25, -0.2) is 4.98 Å². The molecule has 0 unspecified atom stereocenters. The molecule has 3 rings (SSSR count). The van der Waals surface area contributed by atoms with Crippen LogP contribution < -0.4 is 14.4 Å². The molecule has 0 spiro atoms. The molecule has 2 aromatic carbocycles. The zero-order valence-electron chi connectivity index (χ0n) is 20.2. The van der Waals surface area contributed by atoms with Crippen LogP contribution in [-0.4, -0.2) is 46.4 Å². The van der Waals surface area contributed by atoms with Crippen LogP contribution in [0.2, 0.25) is 0 Å². The summed E-state index contributed by atoms with van der Waals surface area (Å²) in [5.74, 6) is -0.273. The van der Waals surface area contributed by atoms with E-state index in [1.807, 2.05) is 19.9 Å². The summed E-state index contributed by atoms with van der Waals surface area (Å²) < 4.78 is 101. The van der Waals surface area contributed by atoms with Crippen LogP contribution in [0, 0.1) is 0 Å². The molecule has 1 heterocycles. The smallest absolute Gasteiger partial charge is 0.439 e. The summed E-state index contributed by atoms with van der Waals surface area (Å²) >= 11 is 0. The highest BCUT2D eigenvalue weighted by atomic mass is 19.4. The third kappa shape index (κ3) is 7.94. The van der Waals surface area contributed by atoms with E-state index in [4.69, 9.17) is 4.74 Å². The van der Waals surface area contributed by atoms with Crippen molar-refractivity contribution in [3.63, 3.8) is 0 Å². The van der Waals surface area contributed by atoms with E-state index in [1.54, 1.807) is 18.2 Å². The van der Waals surface area contributed by atoms with Gasteiger partial charge >= 0.3 is 18.7 Å². The summed E-state index contributed by atoms with van der Waals surface area (Å²) in [6.07, 6.45) is -15.4. The van der Waals surface area contributed by atoms with Gasteiger partial charge in [0.25, 0.3) is 0 Å². The average Bonchev–Trinajstić information content (AvgIpc) is 2.83. The SMILES string of the molecule is CC(C)c1cccc(Oc2ccnc(N(Cc3cccc(OC(F)(F)C(F)F)c3)C[C@@H](O)C(F)(F)F)n2)c1. The van der Waals surface area contributed by atoms with Crippen molar-refractivity contribution in [3.05, 3.63) is 71.9 Å². The molecule has 6 nitrogen and oxygen atoms in total. The number of ether oxygens (including phenoxy) is 2. The van der Waals surface area contributed by atoms with Crippen molar-refractivity contribution in [1.82, 2.24) is 9.97 Å². The van der Waals surface area contributed by atoms with Crippen LogP contribution in [0.4, 0.5) is 36.7 Å². The fourth-order valence-electron chi connectivity index (χ4n) is 3.26. The van der Waals surface area contributed by atoms with E-state index in [9.17, 15) is 35.8 Å². The summed E-state index contributed by atoms with van der Waals surface area (Å²) in [4.78, 5) is 9.06. The highest BCUT2D eigenvalue weighted by Crippen LogP contribution is 2.30. The molecule has 0 saturated heterocycles. The Kier molecular flexibility index (Phi) is 9.02. The summed E-state index contributed by atoms with van der Waals surface area (Å²) in [5, 5.41) is 9.69. The van der Waals surface area contributed by atoms with Gasteiger partial charge in [-0.05, 0) is 41.3 Å². The fourth-order valence-corrected chi connectivity index (χ4v) is 3.26. The van der Waals surface area contributed by atoms with E-state index >= 15 is 0 Å². The van der Waals surface area contributed by atoms with Crippen LogP contribution in [0.3, 0.4) is 0 Å². The number of aliphatic hydroxyl groups excluding tert-OH is 1. The van der Waals surface area contributed by atoms with E-state index in [0.717, 1.165) is 22.6 Å². The van der Waals surface area contributed by atoms with Crippen LogP contribution in [0.5, 0.6) is 17.4 Å². The van der Waals surface area contributed by atoms with Gasteiger partial charge in [0.05, 0.1) is 6.54 Å². The third-order valence-corrected chi connectivity index (χ3v) is 5.20. The number of alkyl halides is 7.